The molecule has 1 atom stereocenters. The van der Waals surface area contributed by atoms with Crippen molar-refractivity contribution in [3.8, 4) is 0 Å². The summed E-state index contributed by atoms with van der Waals surface area (Å²) in [4.78, 5) is 0. The Kier molecular flexibility index (Phi) is 3.80. The molecule has 0 spiro atoms. The first-order chi connectivity index (χ1) is 1.91. The molecule has 0 aromatic carbocycles. The van der Waals surface area contributed by atoms with Gasteiger partial charge in [0.25, 0.3) is 0 Å². The Morgan fingerprint density at radius 3 is 2.25 bits per heavy atom. The van der Waals surface area contributed by atoms with Crippen LogP contribution in [0, 0.1) is 0 Å². The van der Waals surface area contributed by atoms with Gasteiger partial charge in [-0.25, -0.2) is 0 Å². The van der Waals surface area contributed by atoms with Crippen molar-refractivity contribution in [1.82, 2.24) is 0 Å². The zero-order valence-electron chi connectivity index (χ0n) is 3.21. The maximum atomic E-state index is 2.21. The predicted molar refractivity (Wildman–Crippen MR) is 26.9 cm³/mol. The Bertz CT molecular complexity index is 8.85. The van der Waals surface area contributed by atoms with Gasteiger partial charge in [-0.15, -0.1) is 8.58 Å². The van der Waals surface area contributed by atoms with Crippen molar-refractivity contribution in [2.45, 2.75) is 6.92 Å². The van der Waals surface area contributed by atoms with Gasteiger partial charge in [-0.2, -0.15) is 0 Å². The van der Waals surface area contributed by atoms with E-state index in [1.165, 1.54) is 6.16 Å². The molecular formula is C3H11P. The van der Waals surface area contributed by atoms with Gasteiger partial charge in [0.1, 0.15) is 0 Å². The molecule has 0 aliphatic heterocycles. The Morgan fingerprint density at radius 2 is 2.25 bits per heavy atom. The zero-order chi connectivity index (χ0) is 3.41. The molecule has 28 valence electrons. The molecule has 0 fully saturated rings. The lowest BCUT2D eigenvalue weighted by molar-refractivity contribution is 1.52. The zero-order valence-corrected chi connectivity index (χ0v) is 4.21. The third-order valence-electron chi connectivity index (χ3n) is 0.354. The number of hydrogen-bond acceptors (Lipinski definition) is 0. The average molecular weight is 78.1 g/mol. The van der Waals surface area contributed by atoms with Crippen molar-refractivity contribution >= 4 is 8.58 Å². The molecule has 1 unspecified atom stereocenters. The highest BCUT2D eigenvalue weighted by atomic mass is 31.1. The number of hydrogen-bond donors (Lipinski definition) is 0. The maximum absolute atomic E-state index is 2.21. The van der Waals surface area contributed by atoms with Crippen molar-refractivity contribution in [1.29, 1.82) is 0 Å². The monoisotopic (exact) mass is 78.1 g/mol. The highest BCUT2D eigenvalue weighted by molar-refractivity contribution is 7.36. The second-order valence-electron chi connectivity index (χ2n) is 0.707. The van der Waals surface area contributed by atoms with Crippen LogP contribution >= 0.6 is 8.58 Å². The first-order valence-electron chi connectivity index (χ1n) is 1.56. The second-order valence-corrected chi connectivity index (χ2v) is 2.12. The first-order valence-corrected chi connectivity index (χ1v) is 3.27. The maximum Gasteiger partial charge on any atom is 0 e. The molecule has 0 nitrogen and oxygen atoms in total. The molecule has 0 N–H and O–H groups in total. The van der Waals surface area contributed by atoms with E-state index in [9.17, 15) is 0 Å². The minimum atomic E-state index is 0. The highest BCUT2D eigenvalue weighted by Crippen LogP contribution is 1.95. The van der Waals surface area contributed by atoms with Crippen molar-refractivity contribution in [3.05, 3.63) is 0 Å². The van der Waals surface area contributed by atoms with Gasteiger partial charge in [0.15, 0.2) is 0 Å². The molecule has 0 aliphatic rings. The largest absolute Gasteiger partial charge is 0.126 e. The van der Waals surface area contributed by atoms with E-state index in [-0.39, 0.29) is 1.43 Å². The van der Waals surface area contributed by atoms with E-state index in [2.05, 4.69) is 13.6 Å². The Balaban J connectivity index is 0. The molecule has 0 aromatic rings. The van der Waals surface area contributed by atoms with Gasteiger partial charge >= 0.3 is 0 Å². The summed E-state index contributed by atoms with van der Waals surface area (Å²) in [5, 5.41) is 0. The van der Waals surface area contributed by atoms with E-state index < -0.39 is 0 Å². The summed E-state index contributed by atoms with van der Waals surface area (Å²) < 4.78 is 0. The van der Waals surface area contributed by atoms with Crippen LogP contribution in [0.2, 0.25) is 0 Å². The van der Waals surface area contributed by atoms with Crippen LogP contribution in [0.1, 0.15) is 8.35 Å². The molecule has 0 saturated heterocycles. The molecule has 0 saturated carbocycles. The number of rotatable bonds is 1. The van der Waals surface area contributed by atoms with E-state index >= 15 is 0 Å². The van der Waals surface area contributed by atoms with Crippen LogP contribution in [0.4, 0.5) is 0 Å². The molecule has 0 aromatic heterocycles. The molecule has 0 heterocycles. The fourth-order valence-electron chi connectivity index (χ4n) is 0. The normalized spacial score (nSPS) is 10.5. The topological polar surface area (TPSA) is 0 Å². The SMILES string of the molecule is CCPC.[HH]. The summed E-state index contributed by atoms with van der Waals surface area (Å²) in [6.07, 6.45) is 1.35. The molecular weight excluding hydrogens is 67.0 g/mol. The summed E-state index contributed by atoms with van der Waals surface area (Å²) in [5.74, 6) is 0. The van der Waals surface area contributed by atoms with Crippen LogP contribution in [-0.4, -0.2) is 12.8 Å². The lowest BCUT2D eigenvalue weighted by Crippen LogP contribution is -1.47. The van der Waals surface area contributed by atoms with Crippen molar-refractivity contribution in [3.63, 3.8) is 0 Å². The average Bonchev–Trinajstić information content (AvgIpc) is 1.37. The quantitative estimate of drug-likeness (QED) is 0.417. The van der Waals surface area contributed by atoms with Crippen molar-refractivity contribution in [2.75, 3.05) is 12.8 Å². The van der Waals surface area contributed by atoms with E-state index in [0.29, 0.717) is 0 Å². The minimum Gasteiger partial charge on any atom is -0.126 e. The lowest BCUT2D eigenvalue weighted by atomic mass is 11.0. The van der Waals surface area contributed by atoms with Crippen LogP contribution in [-0.2, 0) is 0 Å². The second kappa shape index (κ2) is 3.43. The summed E-state index contributed by atoms with van der Waals surface area (Å²) >= 11 is 0. The summed E-state index contributed by atoms with van der Waals surface area (Å²) in [6.45, 7) is 4.40. The van der Waals surface area contributed by atoms with E-state index in [1.54, 1.807) is 0 Å². The molecule has 0 rings (SSSR count). The van der Waals surface area contributed by atoms with Gasteiger partial charge in [0.2, 0.25) is 0 Å². The van der Waals surface area contributed by atoms with Crippen LogP contribution in [0.5, 0.6) is 0 Å². The minimum absolute atomic E-state index is 0. The molecule has 4 heavy (non-hydrogen) atoms. The fourth-order valence-corrected chi connectivity index (χ4v) is 0. The molecule has 0 amide bonds. The fraction of sp³-hybridized carbons (Fsp3) is 1.00. The molecule has 0 radical (unpaired) electrons. The summed E-state index contributed by atoms with van der Waals surface area (Å²) in [5.41, 5.74) is 0. The third-order valence-corrected chi connectivity index (χ3v) is 1.06. The first kappa shape index (κ1) is 4.43. The Morgan fingerprint density at radius 1 is 2.00 bits per heavy atom. The molecule has 1 heteroatoms. The van der Waals surface area contributed by atoms with Gasteiger partial charge in [-0.1, -0.05) is 6.92 Å². The van der Waals surface area contributed by atoms with Gasteiger partial charge in [-0.3, -0.25) is 0 Å². The highest BCUT2D eigenvalue weighted by Gasteiger charge is 1.55. The van der Waals surface area contributed by atoms with Gasteiger partial charge in [-0.05, 0) is 12.8 Å². The van der Waals surface area contributed by atoms with Crippen molar-refractivity contribution < 1.29 is 1.43 Å². The van der Waals surface area contributed by atoms with Crippen LogP contribution < -0.4 is 0 Å². The summed E-state index contributed by atoms with van der Waals surface area (Å²) in [7, 11) is 1.14. The van der Waals surface area contributed by atoms with Gasteiger partial charge in [0.05, 0.1) is 0 Å². The standard InChI is InChI=1S/C3H9P.H2/c1-3-4-2;/h4H,3H2,1-2H3;1H. The third kappa shape index (κ3) is 2.43. The Hall–Kier alpha value is 0.430. The van der Waals surface area contributed by atoms with Crippen LogP contribution in [0.3, 0.4) is 0 Å². The molecule has 0 bridgehead atoms. The summed E-state index contributed by atoms with van der Waals surface area (Å²) in [6, 6.07) is 0. The van der Waals surface area contributed by atoms with E-state index in [1.807, 2.05) is 0 Å². The molecule has 0 aliphatic carbocycles. The lowest BCUT2D eigenvalue weighted by Gasteiger charge is -1.69. The Labute approximate surface area is 30.9 Å². The van der Waals surface area contributed by atoms with Crippen LogP contribution in [0.25, 0.3) is 0 Å². The van der Waals surface area contributed by atoms with Gasteiger partial charge < -0.3 is 0 Å². The van der Waals surface area contributed by atoms with E-state index in [0.717, 1.165) is 8.58 Å². The van der Waals surface area contributed by atoms with E-state index in [4.69, 9.17) is 0 Å². The van der Waals surface area contributed by atoms with Gasteiger partial charge in [0, 0.05) is 1.43 Å². The van der Waals surface area contributed by atoms with Crippen molar-refractivity contribution in [2.24, 2.45) is 0 Å². The van der Waals surface area contributed by atoms with Crippen LogP contribution in [0.15, 0.2) is 0 Å². The smallest absolute Gasteiger partial charge is 0 e. The predicted octanol–water partition coefficient (Wildman–Crippen LogP) is 1.56.